The molecule has 0 heterocycles. The summed E-state index contributed by atoms with van der Waals surface area (Å²) >= 11 is 1.76. The summed E-state index contributed by atoms with van der Waals surface area (Å²) < 4.78 is 0. The van der Waals surface area contributed by atoms with Gasteiger partial charge in [0.15, 0.2) is 0 Å². The molecule has 0 unspecified atom stereocenters. The van der Waals surface area contributed by atoms with Crippen LogP contribution in [0.15, 0.2) is 47.4 Å². The maximum Gasteiger partial charge on any atom is 0.265 e. The van der Waals surface area contributed by atoms with Gasteiger partial charge in [-0.05, 0) is 54.8 Å². The van der Waals surface area contributed by atoms with Gasteiger partial charge in [-0.2, -0.15) is 0 Å². The van der Waals surface area contributed by atoms with E-state index in [1.807, 2.05) is 18.2 Å². The van der Waals surface area contributed by atoms with Crippen LogP contribution in [0.25, 0.3) is 0 Å². The van der Waals surface area contributed by atoms with Gasteiger partial charge in [-0.25, -0.2) is 5.84 Å². The first kappa shape index (κ1) is 14.6. The first-order valence-corrected chi connectivity index (χ1v) is 7.38. The molecule has 0 aliphatic rings. The Labute approximate surface area is 123 Å². The molecule has 0 aliphatic carbocycles. The molecule has 0 fully saturated rings. The second-order valence-corrected chi connectivity index (χ2v) is 5.76. The number of carbonyl (C=O) groups is 1. The van der Waals surface area contributed by atoms with Gasteiger partial charge in [0.05, 0.1) is 0 Å². The fourth-order valence-corrected chi connectivity index (χ4v) is 2.79. The Bertz CT molecular complexity index is 626. The van der Waals surface area contributed by atoms with Crippen molar-refractivity contribution in [3.05, 3.63) is 64.7 Å². The predicted molar refractivity (Wildman–Crippen MR) is 83.6 cm³/mol. The quantitative estimate of drug-likeness (QED) is 0.393. The highest BCUT2D eigenvalue weighted by molar-refractivity contribution is 7.98. The minimum absolute atomic E-state index is 0.261. The summed E-state index contributed by atoms with van der Waals surface area (Å²) in [7, 11) is 0. The molecule has 0 saturated heterocycles. The monoisotopic (exact) mass is 286 g/mol. The molecule has 0 spiro atoms. The van der Waals surface area contributed by atoms with E-state index in [4.69, 9.17) is 5.84 Å². The molecule has 2 aromatic rings. The van der Waals surface area contributed by atoms with E-state index in [0.29, 0.717) is 5.56 Å². The van der Waals surface area contributed by atoms with Crippen LogP contribution in [0.4, 0.5) is 0 Å². The zero-order valence-electron chi connectivity index (χ0n) is 11.6. The number of benzene rings is 2. The second kappa shape index (κ2) is 6.59. The molecular weight excluding hydrogens is 268 g/mol. The molecule has 0 radical (unpaired) electrons. The average Bonchev–Trinajstić information content (AvgIpc) is 2.48. The Kier molecular flexibility index (Phi) is 4.82. The van der Waals surface area contributed by atoms with Crippen LogP contribution in [-0.4, -0.2) is 5.91 Å². The summed E-state index contributed by atoms with van der Waals surface area (Å²) in [6, 6.07) is 14.0. The van der Waals surface area contributed by atoms with Crippen molar-refractivity contribution in [2.45, 2.75) is 24.5 Å². The fraction of sp³-hybridized carbons (Fsp3) is 0.188. The highest BCUT2D eigenvalue weighted by Gasteiger charge is 2.04. The zero-order valence-corrected chi connectivity index (χ0v) is 12.5. The van der Waals surface area contributed by atoms with Gasteiger partial charge in [-0.1, -0.05) is 18.2 Å². The normalized spacial score (nSPS) is 10.3. The standard InChI is InChI=1S/C16H18N2OS/c1-11-6-7-15(8-12(11)2)20-10-13-4-3-5-14(9-13)16(19)18-17/h3-9H,10,17H2,1-2H3,(H,18,19). The van der Waals surface area contributed by atoms with Gasteiger partial charge in [0.25, 0.3) is 5.91 Å². The van der Waals surface area contributed by atoms with Crippen LogP contribution < -0.4 is 11.3 Å². The van der Waals surface area contributed by atoms with Gasteiger partial charge >= 0.3 is 0 Å². The molecule has 2 aromatic carbocycles. The van der Waals surface area contributed by atoms with E-state index in [0.717, 1.165) is 11.3 Å². The van der Waals surface area contributed by atoms with Gasteiger partial charge in [-0.3, -0.25) is 10.2 Å². The number of nitrogens with two attached hydrogens (primary N) is 1. The lowest BCUT2D eigenvalue weighted by Crippen LogP contribution is -2.29. The highest BCUT2D eigenvalue weighted by atomic mass is 32.2. The molecule has 3 N–H and O–H groups in total. The number of amides is 1. The topological polar surface area (TPSA) is 55.1 Å². The largest absolute Gasteiger partial charge is 0.290 e. The molecule has 0 aromatic heterocycles. The summed E-state index contributed by atoms with van der Waals surface area (Å²) in [4.78, 5) is 12.7. The van der Waals surface area contributed by atoms with Gasteiger partial charge in [0.1, 0.15) is 0 Å². The number of thioether (sulfide) groups is 1. The third kappa shape index (κ3) is 3.62. The Morgan fingerprint density at radius 1 is 1.15 bits per heavy atom. The lowest BCUT2D eigenvalue weighted by Gasteiger charge is -2.06. The van der Waals surface area contributed by atoms with Crippen molar-refractivity contribution in [3.8, 4) is 0 Å². The van der Waals surface area contributed by atoms with E-state index in [9.17, 15) is 4.79 Å². The lowest BCUT2D eigenvalue weighted by molar-refractivity contribution is 0.0953. The molecule has 104 valence electrons. The maximum atomic E-state index is 11.5. The predicted octanol–water partition coefficient (Wildman–Crippen LogP) is 3.20. The van der Waals surface area contributed by atoms with E-state index in [1.54, 1.807) is 17.8 Å². The highest BCUT2D eigenvalue weighted by Crippen LogP contribution is 2.25. The number of hydrogen-bond donors (Lipinski definition) is 2. The molecule has 0 bridgehead atoms. The average molecular weight is 286 g/mol. The molecule has 3 nitrogen and oxygen atoms in total. The van der Waals surface area contributed by atoms with E-state index in [-0.39, 0.29) is 5.91 Å². The molecule has 2 rings (SSSR count). The van der Waals surface area contributed by atoms with Crippen LogP contribution in [-0.2, 0) is 5.75 Å². The summed E-state index contributed by atoms with van der Waals surface area (Å²) in [6.07, 6.45) is 0. The Morgan fingerprint density at radius 3 is 2.65 bits per heavy atom. The first-order chi connectivity index (χ1) is 9.60. The minimum atomic E-state index is -0.261. The molecule has 0 aliphatic heterocycles. The number of hydrazine groups is 1. The van der Waals surface area contributed by atoms with E-state index in [1.165, 1.54) is 16.0 Å². The number of rotatable bonds is 4. The van der Waals surface area contributed by atoms with Crippen LogP contribution in [0, 0.1) is 13.8 Å². The summed E-state index contributed by atoms with van der Waals surface area (Å²) in [5, 5.41) is 0. The number of hydrogen-bond acceptors (Lipinski definition) is 3. The lowest BCUT2D eigenvalue weighted by atomic mass is 10.1. The maximum absolute atomic E-state index is 11.5. The molecular formula is C16H18N2OS. The van der Waals surface area contributed by atoms with Crippen LogP contribution in [0.3, 0.4) is 0 Å². The number of aryl methyl sites for hydroxylation is 2. The van der Waals surface area contributed by atoms with Crippen molar-refractivity contribution in [2.75, 3.05) is 0 Å². The van der Waals surface area contributed by atoms with Gasteiger partial charge in [-0.15, -0.1) is 11.8 Å². The summed E-state index contributed by atoms with van der Waals surface area (Å²) in [6.45, 7) is 4.23. The van der Waals surface area contributed by atoms with E-state index < -0.39 is 0 Å². The van der Waals surface area contributed by atoms with E-state index in [2.05, 4.69) is 37.5 Å². The second-order valence-electron chi connectivity index (χ2n) is 4.71. The Hall–Kier alpha value is -1.78. The van der Waals surface area contributed by atoms with E-state index >= 15 is 0 Å². The van der Waals surface area contributed by atoms with Gasteiger partial charge < -0.3 is 0 Å². The SMILES string of the molecule is Cc1ccc(SCc2cccc(C(=O)NN)c2)cc1C. The molecule has 0 atom stereocenters. The molecule has 4 heteroatoms. The Morgan fingerprint density at radius 2 is 1.95 bits per heavy atom. The molecule has 1 amide bonds. The van der Waals surface area contributed by atoms with Crippen molar-refractivity contribution >= 4 is 17.7 Å². The Balaban J connectivity index is 2.07. The smallest absolute Gasteiger partial charge is 0.265 e. The van der Waals surface area contributed by atoms with Gasteiger partial charge in [0.2, 0.25) is 0 Å². The molecule has 0 saturated carbocycles. The summed E-state index contributed by atoms with van der Waals surface area (Å²) in [5.41, 5.74) is 6.44. The number of nitrogens with one attached hydrogen (secondary N) is 1. The van der Waals surface area contributed by atoms with Crippen LogP contribution in [0.5, 0.6) is 0 Å². The third-order valence-electron chi connectivity index (χ3n) is 3.20. The van der Waals surface area contributed by atoms with Crippen molar-refractivity contribution < 1.29 is 4.79 Å². The third-order valence-corrected chi connectivity index (χ3v) is 4.27. The zero-order chi connectivity index (χ0) is 14.5. The number of carbonyl (C=O) groups excluding carboxylic acids is 1. The van der Waals surface area contributed by atoms with Crippen LogP contribution >= 0.6 is 11.8 Å². The minimum Gasteiger partial charge on any atom is -0.290 e. The molecule has 20 heavy (non-hydrogen) atoms. The fourth-order valence-electron chi connectivity index (χ4n) is 1.86. The van der Waals surface area contributed by atoms with Gasteiger partial charge in [0, 0.05) is 16.2 Å². The van der Waals surface area contributed by atoms with Crippen LogP contribution in [0.1, 0.15) is 27.0 Å². The first-order valence-electron chi connectivity index (χ1n) is 6.40. The van der Waals surface area contributed by atoms with Crippen molar-refractivity contribution in [1.29, 1.82) is 0 Å². The van der Waals surface area contributed by atoms with Crippen molar-refractivity contribution in [1.82, 2.24) is 5.43 Å². The van der Waals surface area contributed by atoms with Crippen molar-refractivity contribution in [2.24, 2.45) is 5.84 Å². The number of nitrogen functional groups attached to an aromatic ring is 1. The van der Waals surface area contributed by atoms with Crippen LogP contribution in [0.2, 0.25) is 0 Å². The summed E-state index contributed by atoms with van der Waals surface area (Å²) in [5.74, 6) is 5.71. The van der Waals surface area contributed by atoms with Crippen molar-refractivity contribution in [3.63, 3.8) is 0 Å².